The average molecular weight is 268 g/mol. The van der Waals surface area contributed by atoms with E-state index in [9.17, 15) is 15.2 Å². The van der Waals surface area contributed by atoms with Crippen molar-refractivity contribution in [3.05, 3.63) is 22.4 Å². The minimum Gasteiger partial charge on any atom is -0.390 e. The topological polar surface area (TPSA) is 84.4 Å². The molecule has 0 spiro atoms. The minimum atomic E-state index is -0.548. The Morgan fingerprint density at radius 3 is 2.79 bits per heavy atom. The second kappa shape index (κ2) is 6.12. The third-order valence-electron chi connectivity index (χ3n) is 3.56. The maximum Gasteiger partial charge on any atom is 0.389 e. The number of piperidine rings is 1. The molecular formula is C12H20N4O3. The molecule has 0 aromatic carbocycles. The van der Waals surface area contributed by atoms with Gasteiger partial charge in [0.2, 0.25) is 0 Å². The lowest BCUT2D eigenvalue weighted by atomic mass is 9.99. The SMILES string of the molecule is CC1CCN(CC(O)Cn2ccc([N+](=O)[O-])n2)CC1. The van der Waals surface area contributed by atoms with E-state index >= 15 is 0 Å². The van der Waals surface area contributed by atoms with Crippen molar-refractivity contribution in [2.75, 3.05) is 19.6 Å². The number of nitro groups is 1. The van der Waals surface area contributed by atoms with Crippen LogP contribution in [0.3, 0.4) is 0 Å². The molecule has 0 bridgehead atoms. The zero-order chi connectivity index (χ0) is 13.8. The molecule has 1 fully saturated rings. The summed E-state index contributed by atoms with van der Waals surface area (Å²) in [5, 5.41) is 24.3. The number of hydrogen-bond acceptors (Lipinski definition) is 5. The molecular weight excluding hydrogens is 248 g/mol. The van der Waals surface area contributed by atoms with Crippen LogP contribution in [0.2, 0.25) is 0 Å². The molecule has 1 unspecified atom stereocenters. The Balaban J connectivity index is 1.80. The molecule has 7 nitrogen and oxygen atoms in total. The second-order valence-corrected chi connectivity index (χ2v) is 5.29. The van der Waals surface area contributed by atoms with E-state index in [0.29, 0.717) is 13.1 Å². The number of hydrogen-bond donors (Lipinski definition) is 1. The van der Waals surface area contributed by atoms with Gasteiger partial charge in [0.05, 0.1) is 30.0 Å². The van der Waals surface area contributed by atoms with Crippen molar-refractivity contribution >= 4 is 5.82 Å². The molecule has 0 aliphatic carbocycles. The van der Waals surface area contributed by atoms with Crippen molar-refractivity contribution < 1.29 is 10.0 Å². The molecule has 1 atom stereocenters. The van der Waals surface area contributed by atoms with Crippen molar-refractivity contribution in [1.82, 2.24) is 14.7 Å². The summed E-state index contributed by atoms with van der Waals surface area (Å²) in [5.41, 5.74) is 0. The zero-order valence-corrected chi connectivity index (χ0v) is 11.1. The van der Waals surface area contributed by atoms with E-state index in [4.69, 9.17) is 0 Å². The van der Waals surface area contributed by atoms with Crippen LogP contribution >= 0.6 is 0 Å². The first kappa shape index (κ1) is 14.0. The molecule has 19 heavy (non-hydrogen) atoms. The van der Waals surface area contributed by atoms with E-state index < -0.39 is 11.0 Å². The molecule has 7 heteroatoms. The largest absolute Gasteiger partial charge is 0.390 e. The van der Waals surface area contributed by atoms with Gasteiger partial charge in [-0.1, -0.05) is 6.92 Å². The van der Waals surface area contributed by atoms with Crippen LogP contribution in [0.5, 0.6) is 0 Å². The van der Waals surface area contributed by atoms with Crippen LogP contribution in [0, 0.1) is 16.0 Å². The van der Waals surface area contributed by atoms with Crippen molar-refractivity contribution in [3.63, 3.8) is 0 Å². The summed E-state index contributed by atoms with van der Waals surface area (Å²) in [4.78, 5) is 12.2. The summed E-state index contributed by atoms with van der Waals surface area (Å²) in [6, 6.07) is 1.34. The van der Waals surface area contributed by atoms with E-state index in [2.05, 4.69) is 16.9 Å². The van der Waals surface area contributed by atoms with Gasteiger partial charge < -0.3 is 20.1 Å². The van der Waals surface area contributed by atoms with Crippen LogP contribution in [-0.4, -0.2) is 50.4 Å². The zero-order valence-electron chi connectivity index (χ0n) is 11.1. The van der Waals surface area contributed by atoms with Crippen molar-refractivity contribution in [2.45, 2.75) is 32.4 Å². The van der Waals surface area contributed by atoms with Gasteiger partial charge in [-0.2, -0.15) is 4.68 Å². The Kier molecular flexibility index (Phi) is 4.49. The molecule has 2 rings (SSSR count). The van der Waals surface area contributed by atoms with Crippen molar-refractivity contribution in [1.29, 1.82) is 0 Å². The van der Waals surface area contributed by atoms with Gasteiger partial charge in [-0.05, 0) is 36.8 Å². The highest BCUT2D eigenvalue weighted by atomic mass is 16.6. The van der Waals surface area contributed by atoms with Crippen molar-refractivity contribution in [2.24, 2.45) is 5.92 Å². The Morgan fingerprint density at radius 1 is 1.53 bits per heavy atom. The Morgan fingerprint density at radius 2 is 2.21 bits per heavy atom. The van der Waals surface area contributed by atoms with E-state index in [-0.39, 0.29) is 5.82 Å². The normalized spacial score (nSPS) is 19.5. The predicted molar refractivity (Wildman–Crippen MR) is 69.7 cm³/mol. The first-order valence-electron chi connectivity index (χ1n) is 6.63. The highest BCUT2D eigenvalue weighted by Gasteiger charge is 2.20. The summed E-state index contributed by atoms with van der Waals surface area (Å²) in [7, 11) is 0. The van der Waals surface area contributed by atoms with Crippen molar-refractivity contribution in [3.8, 4) is 0 Å². The smallest absolute Gasteiger partial charge is 0.389 e. The number of aliphatic hydroxyl groups is 1. The van der Waals surface area contributed by atoms with Crippen LogP contribution < -0.4 is 0 Å². The Hall–Kier alpha value is -1.47. The quantitative estimate of drug-likeness (QED) is 0.633. The summed E-state index contributed by atoms with van der Waals surface area (Å²) < 4.78 is 1.43. The Labute approximate surface area is 112 Å². The third-order valence-corrected chi connectivity index (χ3v) is 3.56. The summed E-state index contributed by atoms with van der Waals surface area (Å²) in [5.74, 6) is 0.584. The predicted octanol–water partition coefficient (Wildman–Crippen LogP) is 0.884. The van der Waals surface area contributed by atoms with Gasteiger partial charge in [0, 0.05) is 6.54 Å². The first-order valence-corrected chi connectivity index (χ1v) is 6.63. The van der Waals surface area contributed by atoms with E-state index in [1.54, 1.807) is 0 Å². The molecule has 1 aliphatic rings. The lowest BCUT2D eigenvalue weighted by Crippen LogP contribution is -2.39. The van der Waals surface area contributed by atoms with E-state index in [1.165, 1.54) is 29.8 Å². The fourth-order valence-electron chi connectivity index (χ4n) is 2.37. The molecule has 2 heterocycles. The van der Waals surface area contributed by atoms with Crippen LogP contribution in [0.15, 0.2) is 12.3 Å². The van der Waals surface area contributed by atoms with Gasteiger partial charge in [-0.3, -0.25) is 0 Å². The Bertz CT molecular complexity index is 426. The molecule has 106 valence electrons. The molecule has 1 aromatic heterocycles. The highest BCUT2D eigenvalue weighted by molar-refractivity contribution is 5.13. The molecule has 0 radical (unpaired) electrons. The molecule has 1 aliphatic heterocycles. The van der Waals surface area contributed by atoms with Gasteiger partial charge in [-0.15, -0.1) is 0 Å². The monoisotopic (exact) mass is 268 g/mol. The van der Waals surface area contributed by atoms with Crippen LogP contribution in [0.4, 0.5) is 5.82 Å². The summed E-state index contributed by atoms with van der Waals surface area (Å²) in [6.45, 7) is 5.16. The maximum absolute atomic E-state index is 10.5. The molecule has 1 saturated heterocycles. The number of aliphatic hydroxyl groups excluding tert-OH is 1. The third kappa shape index (κ3) is 4.00. The fourth-order valence-corrected chi connectivity index (χ4v) is 2.37. The standard InChI is InChI=1S/C12H20N4O3/c1-10-2-5-14(6-3-10)8-11(17)9-15-7-4-12(13-15)16(18)19/h4,7,10-11,17H,2-3,5-6,8-9H2,1H3. The van der Waals surface area contributed by atoms with Crippen LogP contribution in [0.25, 0.3) is 0 Å². The summed E-state index contributed by atoms with van der Waals surface area (Å²) in [6.07, 6.45) is 3.31. The number of aromatic nitrogens is 2. The molecule has 1 N–H and O–H groups in total. The van der Waals surface area contributed by atoms with E-state index in [1.807, 2.05) is 0 Å². The summed E-state index contributed by atoms with van der Waals surface area (Å²) >= 11 is 0. The van der Waals surface area contributed by atoms with E-state index in [0.717, 1.165) is 19.0 Å². The van der Waals surface area contributed by atoms with Gasteiger partial charge >= 0.3 is 5.82 Å². The van der Waals surface area contributed by atoms with Crippen LogP contribution in [0.1, 0.15) is 19.8 Å². The maximum atomic E-state index is 10.5. The van der Waals surface area contributed by atoms with Gasteiger partial charge in [0.25, 0.3) is 0 Å². The average Bonchev–Trinajstić information content (AvgIpc) is 2.80. The van der Waals surface area contributed by atoms with Gasteiger partial charge in [-0.25, -0.2) is 0 Å². The number of nitrogens with zero attached hydrogens (tertiary/aromatic N) is 4. The lowest BCUT2D eigenvalue weighted by molar-refractivity contribution is -0.389. The highest BCUT2D eigenvalue weighted by Crippen LogP contribution is 2.16. The second-order valence-electron chi connectivity index (χ2n) is 5.29. The number of β-amino-alcohol motifs (C(OH)–C–C–N with tert-alkyl or cyclic N) is 1. The molecule has 0 saturated carbocycles. The minimum absolute atomic E-state index is 0.181. The van der Waals surface area contributed by atoms with Gasteiger partial charge in [0.1, 0.15) is 0 Å². The number of likely N-dealkylation sites (tertiary alicyclic amines) is 1. The molecule has 1 aromatic rings. The van der Waals surface area contributed by atoms with Crippen LogP contribution in [-0.2, 0) is 6.54 Å². The van der Waals surface area contributed by atoms with Gasteiger partial charge in [0.15, 0.2) is 0 Å². The number of rotatable bonds is 5. The first-order chi connectivity index (χ1) is 9.04. The lowest BCUT2D eigenvalue weighted by Gasteiger charge is -2.31. The molecule has 0 amide bonds. The fraction of sp³-hybridized carbons (Fsp3) is 0.750.